The number of likely N-dealkylation sites (tertiary alicyclic amines) is 1. The lowest BCUT2D eigenvalue weighted by Gasteiger charge is -2.31. The fourth-order valence-electron chi connectivity index (χ4n) is 4.08. The third kappa shape index (κ3) is 2.98. The standard InChI is InChI=1S/C16H30N2O/c1-12(2)13-6-8-18(10-13)15-5-7-16(9-15,11-19)17-14-3-4-14/h12-15,17,19H,3-11H2,1-2H3. The number of aliphatic hydroxyl groups excluding tert-OH is 1. The highest BCUT2D eigenvalue weighted by atomic mass is 16.3. The van der Waals surface area contributed by atoms with Crippen molar-refractivity contribution in [3.05, 3.63) is 0 Å². The van der Waals surface area contributed by atoms with Gasteiger partial charge in [-0.05, 0) is 56.9 Å². The second-order valence-corrected chi connectivity index (χ2v) is 7.54. The number of rotatable bonds is 5. The Balaban J connectivity index is 1.56. The highest BCUT2D eigenvalue weighted by Gasteiger charge is 2.44. The van der Waals surface area contributed by atoms with E-state index in [0.717, 1.165) is 24.7 Å². The summed E-state index contributed by atoms with van der Waals surface area (Å²) in [6, 6.07) is 1.41. The van der Waals surface area contributed by atoms with Gasteiger partial charge in [-0.2, -0.15) is 0 Å². The molecule has 3 atom stereocenters. The molecule has 0 radical (unpaired) electrons. The van der Waals surface area contributed by atoms with Crippen LogP contribution in [0.3, 0.4) is 0 Å². The van der Waals surface area contributed by atoms with E-state index in [0.29, 0.717) is 18.7 Å². The van der Waals surface area contributed by atoms with E-state index in [4.69, 9.17) is 0 Å². The van der Waals surface area contributed by atoms with Gasteiger partial charge < -0.3 is 15.3 Å². The predicted octanol–water partition coefficient (Wildman–Crippen LogP) is 2.00. The van der Waals surface area contributed by atoms with E-state index in [2.05, 4.69) is 24.1 Å². The Bertz CT molecular complexity index is 316. The van der Waals surface area contributed by atoms with Gasteiger partial charge in [0.15, 0.2) is 0 Å². The minimum atomic E-state index is 0.0434. The molecule has 0 bridgehead atoms. The van der Waals surface area contributed by atoms with E-state index in [9.17, 15) is 5.11 Å². The van der Waals surface area contributed by atoms with Crippen molar-refractivity contribution in [2.45, 2.75) is 70.0 Å². The molecule has 1 aliphatic heterocycles. The molecule has 0 spiro atoms. The summed E-state index contributed by atoms with van der Waals surface area (Å²) >= 11 is 0. The molecule has 3 aliphatic rings. The number of nitrogens with zero attached hydrogens (tertiary/aromatic N) is 1. The van der Waals surface area contributed by atoms with E-state index in [1.54, 1.807) is 0 Å². The molecule has 110 valence electrons. The first-order chi connectivity index (χ1) is 9.12. The lowest BCUT2D eigenvalue weighted by atomic mass is 9.95. The van der Waals surface area contributed by atoms with Crippen LogP contribution in [0.5, 0.6) is 0 Å². The van der Waals surface area contributed by atoms with E-state index < -0.39 is 0 Å². The summed E-state index contributed by atoms with van der Waals surface area (Å²) in [5, 5.41) is 13.5. The molecule has 3 nitrogen and oxygen atoms in total. The molecule has 3 fully saturated rings. The summed E-state index contributed by atoms with van der Waals surface area (Å²) in [5.74, 6) is 1.71. The van der Waals surface area contributed by atoms with Crippen LogP contribution in [-0.4, -0.2) is 47.3 Å². The van der Waals surface area contributed by atoms with E-state index >= 15 is 0 Å². The second kappa shape index (κ2) is 5.34. The molecule has 3 rings (SSSR count). The molecule has 2 N–H and O–H groups in total. The molecule has 0 aromatic carbocycles. The van der Waals surface area contributed by atoms with Gasteiger partial charge in [-0.3, -0.25) is 0 Å². The van der Waals surface area contributed by atoms with Crippen molar-refractivity contribution in [2.24, 2.45) is 11.8 Å². The van der Waals surface area contributed by atoms with Crippen molar-refractivity contribution in [2.75, 3.05) is 19.7 Å². The van der Waals surface area contributed by atoms with Gasteiger partial charge in [-0.25, -0.2) is 0 Å². The van der Waals surface area contributed by atoms with Gasteiger partial charge in [0.1, 0.15) is 0 Å². The summed E-state index contributed by atoms with van der Waals surface area (Å²) < 4.78 is 0. The van der Waals surface area contributed by atoms with Crippen LogP contribution in [0.1, 0.15) is 52.4 Å². The third-order valence-corrected chi connectivity index (χ3v) is 5.69. The SMILES string of the molecule is CC(C)C1CCN(C2CCC(CO)(NC3CC3)C2)C1. The zero-order valence-electron chi connectivity index (χ0n) is 12.6. The van der Waals surface area contributed by atoms with Crippen molar-refractivity contribution in [1.29, 1.82) is 0 Å². The molecular formula is C16H30N2O. The molecule has 1 saturated heterocycles. The summed E-state index contributed by atoms with van der Waals surface area (Å²) in [6.07, 6.45) is 7.58. The lowest BCUT2D eigenvalue weighted by molar-refractivity contribution is 0.146. The zero-order chi connectivity index (χ0) is 13.5. The summed E-state index contributed by atoms with van der Waals surface area (Å²) in [6.45, 7) is 7.60. The van der Waals surface area contributed by atoms with Gasteiger partial charge in [0.05, 0.1) is 6.61 Å². The van der Waals surface area contributed by atoms with E-state index in [1.807, 2.05) is 0 Å². The molecular weight excluding hydrogens is 236 g/mol. The Morgan fingerprint density at radius 2 is 2.05 bits per heavy atom. The number of nitrogens with one attached hydrogen (secondary N) is 1. The molecule has 0 amide bonds. The Kier molecular flexibility index (Phi) is 3.89. The van der Waals surface area contributed by atoms with Crippen LogP contribution in [0.15, 0.2) is 0 Å². The first-order valence-corrected chi connectivity index (χ1v) is 8.24. The topological polar surface area (TPSA) is 35.5 Å². The zero-order valence-corrected chi connectivity index (χ0v) is 12.6. The minimum absolute atomic E-state index is 0.0434. The van der Waals surface area contributed by atoms with E-state index in [1.165, 1.54) is 38.8 Å². The van der Waals surface area contributed by atoms with Crippen molar-refractivity contribution >= 4 is 0 Å². The summed E-state index contributed by atoms with van der Waals surface area (Å²) in [4.78, 5) is 2.71. The quantitative estimate of drug-likeness (QED) is 0.799. The first-order valence-electron chi connectivity index (χ1n) is 8.24. The van der Waals surface area contributed by atoms with Gasteiger partial charge in [0, 0.05) is 24.2 Å². The lowest BCUT2D eigenvalue weighted by Crippen LogP contribution is -2.49. The van der Waals surface area contributed by atoms with Gasteiger partial charge in [-0.1, -0.05) is 13.8 Å². The third-order valence-electron chi connectivity index (χ3n) is 5.69. The Morgan fingerprint density at radius 3 is 2.63 bits per heavy atom. The van der Waals surface area contributed by atoms with Crippen molar-refractivity contribution < 1.29 is 5.11 Å². The van der Waals surface area contributed by atoms with Crippen LogP contribution in [0.2, 0.25) is 0 Å². The van der Waals surface area contributed by atoms with Crippen LogP contribution in [0.4, 0.5) is 0 Å². The van der Waals surface area contributed by atoms with Crippen LogP contribution in [0.25, 0.3) is 0 Å². The Morgan fingerprint density at radius 1 is 1.26 bits per heavy atom. The average molecular weight is 266 g/mol. The van der Waals surface area contributed by atoms with Gasteiger partial charge in [-0.15, -0.1) is 0 Å². The molecule has 3 heteroatoms. The highest BCUT2D eigenvalue weighted by molar-refractivity contribution is 5.03. The molecule has 19 heavy (non-hydrogen) atoms. The molecule has 2 aliphatic carbocycles. The van der Waals surface area contributed by atoms with Crippen molar-refractivity contribution in [3.8, 4) is 0 Å². The normalized spacial score (nSPS) is 40.4. The number of aliphatic hydroxyl groups is 1. The molecule has 0 aromatic rings. The number of hydrogen-bond acceptors (Lipinski definition) is 3. The monoisotopic (exact) mass is 266 g/mol. The summed E-state index contributed by atoms with van der Waals surface area (Å²) in [7, 11) is 0. The molecule has 3 unspecified atom stereocenters. The van der Waals surface area contributed by atoms with Crippen LogP contribution in [-0.2, 0) is 0 Å². The average Bonchev–Trinajstić information content (AvgIpc) is 2.93. The second-order valence-electron chi connectivity index (χ2n) is 7.54. The Hall–Kier alpha value is -0.120. The maximum atomic E-state index is 9.81. The van der Waals surface area contributed by atoms with Crippen LogP contribution >= 0.6 is 0 Å². The van der Waals surface area contributed by atoms with Crippen LogP contribution < -0.4 is 5.32 Å². The van der Waals surface area contributed by atoms with Crippen LogP contribution in [0, 0.1) is 11.8 Å². The molecule has 0 aromatic heterocycles. The molecule has 1 heterocycles. The van der Waals surface area contributed by atoms with Gasteiger partial charge >= 0.3 is 0 Å². The fraction of sp³-hybridized carbons (Fsp3) is 1.00. The van der Waals surface area contributed by atoms with Crippen molar-refractivity contribution in [3.63, 3.8) is 0 Å². The highest BCUT2D eigenvalue weighted by Crippen LogP contribution is 2.38. The smallest absolute Gasteiger partial charge is 0.0614 e. The van der Waals surface area contributed by atoms with Crippen molar-refractivity contribution in [1.82, 2.24) is 10.2 Å². The fourth-order valence-corrected chi connectivity index (χ4v) is 4.08. The van der Waals surface area contributed by atoms with Gasteiger partial charge in [0.25, 0.3) is 0 Å². The Labute approximate surface area is 117 Å². The first kappa shape index (κ1) is 13.8. The van der Waals surface area contributed by atoms with E-state index in [-0.39, 0.29) is 5.54 Å². The number of hydrogen-bond donors (Lipinski definition) is 2. The summed E-state index contributed by atoms with van der Waals surface area (Å²) in [5.41, 5.74) is 0.0434. The van der Waals surface area contributed by atoms with Gasteiger partial charge in [0.2, 0.25) is 0 Å². The maximum Gasteiger partial charge on any atom is 0.0614 e. The maximum absolute atomic E-state index is 9.81. The minimum Gasteiger partial charge on any atom is -0.394 e. The molecule has 2 saturated carbocycles. The predicted molar refractivity (Wildman–Crippen MR) is 78.1 cm³/mol. The largest absolute Gasteiger partial charge is 0.394 e.